The van der Waals surface area contributed by atoms with Crippen molar-refractivity contribution in [1.82, 2.24) is 10.3 Å². The fourth-order valence-corrected chi connectivity index (χ4v) is 2.53. The molecular weight excluding hydrogens is 299 g/mol. The molecule has 1 aromatic rings. The molecule has 0 aliphatic heterocycles. The molecule has 18 heavy (non-hydrogen) atoms. The molecular formula is C10H10Cl2N2O3S. The predicted molar refractivity (Wildman–Crippen MR) is 71.0 cm³/mol. The van der Waals surface area contributed by atoms with Crippen molar-refractivity contribution < 1.29 is 14.7 Å². The number of hydrogen-bond donors (Lipinski definition) is 2. The Morgan fingerprint density at radius 3 is 2.89 bits per heavy atom. The highest BCUT2D eigenvalue weighted by atomic mass is 35.5. The van der Waals surface area contributed by atoms with Crippen LogP contribution in [0.1, 0.15) is 5.69 Å². The third-order valence-electron chi connectivity index (χ3n) is 1.98. The van der Waals surface area contributed by atoms with Crippen molar-refractivity contribution in [2.45, 2.75) is 11.8 Å². The fourth-order valence-electron chi connectivity index (χ4n) is 1.11. The van der Waals surface area contributed by atoms with Gasteiger partial charge in [-0.25, -0.2) is 9.78 Å². The summed E-state index contributed by atoms with van der Waals surface area (Å²) in [4.78, 5) is 25.0. The van der Waals surface area contributed by atoms with Crippen LogP contribution < -0.4 is 5.32 Å². The maximum atomic E-state index is 10.8. The molecule has 0 fully saturated rings. The van der Waals surface area contributed by atoms with E-state index in [0.717, 1.165) is 0 Å². The first-order chi connectivity index (χ1) is 8.54. The second kappa shape index (κ2) is 7.45. The number of amides is 1. The van der Waals surface area contributed by atoms with E-state index in [9.17, 15) is 9.59 Å². The van der Waals surface area contributed by atoms with Gasteiger partial charge in [-0.1, -0.05) is 23.2 Å². The number of carboxylic acids is 1. The monoisotopic (exact) mass is 308 g/mol. The molecule has 2 N–H and O–H groups in total. The van der Waals surface area contributed by atoms with E-state index in [-0.39, 0.29) is 5.75 Å². The molecule has 98 valence electrons. The van der Waals surface area contributed by atoms with Gasteiger partial charge < -0.3 is 10.4 Å². The lowest BCUT2D eigenvalue weighted by atomic mass is 10.3. The van der Waals surface area contributed by atoms with E-state index < -0.39 is 12.0 Å². The summed E-state index contributed by atoms with van der Waals surface area (Å²) >= 11 is 12.9. The molecule has 0 bridgehead atoms. The smallest absolute Gasteiger partial charge is 0.327 e. The van der Waals surface area contributed by atoms with Gasteiger partial charge in [-0.3, -0.25) is 4.79 Å². The third kappa shape index (κ3) is 4.72. The maximum absolute atomic E-state index is 10.8. The molecule has 5 nitrogen and oxygen atoms in total. The highest BCUT2D eigenvalue weighted by molar-refractivity contribution is 7.98. The van der Waals surface area contributed by atoms with Crippen LogP contribution in [-0.4, -0.2) is 34.3 Å². The van der Waals surface area contributed by atoms with Crippen LogP contribution in [0.15, 0.2) is 12.1 Å². The molecule has 1 aromatic heterocycles. The summed E-state index contributed by atoms with van der Waals surface area (Å²) < 4.78 is 0. The average molecular weight is 309 g/mol. The third-order valence-corrected chi connectivity index (χ3v) is 3.58. The Kier molecular flexibility index (Phi) is 6.24. The number of aliphatic carboxylic acids is 1. The summed E-state index contributed by atoms with van der Waals surface area (Å²) in [6.45, 7) is 0. The number of pyridine rings is 1. The Labute approximate surface area is 118 Å². The minimum Gasteiger partial charge on any atom is -0.480 e. The molecule has 0 radical (unpaired) electrons. The Hall–Kier alpha value is -0.980. The molecule has 1 amide bonds. The molecule has 1 rings (SSSR count). The van der Waals surface area contributed by atoms with Crippen molar-refractivity contribution in [2.75, 3.05) is 5.75 Å². The van der Waals surface area contributed by atoms with Crippen LogP contribution in [0.3, 0.4) is 0 Å². The van der Waals surface area contributed by atoms with Gasteiger partial charge in [0.05, 0.1) is 10.7 Å². The summed E-state index contributed by atoms with van der Waals surface area (Å²) in [5.41, 5.74) is 0.587. The lowest BCUT2D eigenvalue weighted by molar-refractivity contribution is -0.139. The van der Waals surface area contributed by atoms with Crippen LogP contribution in [0, 0.1) is 0 Å². The number of thioether (sulfide) groups is 1. The van der Waals surface area contributed by atoms with Gasteiger partial charge in [0.1, 0.15) is 11.2 Å². The number of hydrogen-bond acceptors (Lipinski definition) is 4. The molecule has 0 aliphatic rings. The molecule has 1 unspecified atom stereocenters. The normalized spacial score (nSPS) is 11.9. The van der Waals surface area contributed by atoms with Crippen molar-refractivity contribution >= 4 is 47.3 Å². The van der Waals surface area contributed by atoms with Gasteiger partial charge in [0.15, 0.2) is 0 Å². The van der Waals surface area contributed by atoms with E-state index in [1.807, 2.05) is 0 Å². The molecule has 1 heterocycles. The number of carbonyl (C=O) groups excluding carboxylic acids is 1. The van der Waals surface area contributed by atoms with Gasteiger partial charge in [0, 0.05) is 11.5 Å². The number of carboxylic acid groups (broad SMARTS) is 1. The van der Waals surface area contributed by atoms with E-state index in [0.29, 0.717) is 28.0 Å². The lowest BCUT2D eigenvalue weighted by Gasteiger charge is -2.10. The quantitative estimate of drug-likeness (QED) is 0.593. The highest BCUT2D eigenvalue weighted by Gasteiger charge is 2.16. The van der Waals surface area contributed by atoms with E-state index in [1.165, 1.54) is 11.8 Å². The Morgan fingerprint density at radius 2 is 2.28 bits per heavy atom. The van der Waals surface area contributed by atoms with Crippen molar-refractivity contribution in [3.8, 4) is 0 Å². The molecule has 0 saturated heterocycles. The second-order valence-corrected chi connectivity index (χ2v) is 5.08. The highest BCUT2D eigenvalue weighted by Crippen LogP contribution is 2.21. The van der Waals surface area contributed by atoms with Crippen LogP contribution in [-0.2, 0) is 15.3 Å². The summed E-state index contributed by atoms with van der Waals surface area (Å²) in [5.74, 6) is -0.442. The van der Waals surface area contributed by atoms with Crippen LogP contribution >= 0.6 is 35.0 Å². The van der Waals surface area contributed by atoms with Gasteiger partial charge in [-0.05, 0) is 12.1 Å². The molecule has 1 atom stereocenters. The minimum absolute atomic E-state index is 0.221. The lowest BCUT2D eigenvalue weighted by Crippen LogP contribution is -2.37. The Bertz CT molecular complexity index is 445. The topological polar surface area (TPSA) is 79.3 Å². The van der Waals surface area contributed by atoms with E-state index in [4.69, 9.17) is 28.3 Å². The van der Waals surface area contributed by atoms with Crippen LogP contribution in [0.25, 0.3) is 0 Å². The van der Waals surface area contributed by atoms with Gasteiger partial charge in [-0.2, -0.15) is 11.8 Å². The number of nitrogens with zero attached hydrogens (tertiary/aromatic N) is 1. The Morgan fingerprint density at radius 1 is 1.56 bits per heavy atom. The summed E-state index contributed by atoms with van der Waals surface area (Å²) in [7, 11) is 0. The molecule has 0 aromatic carbocycles. The number of halogens is 2. The zero-order valence-corrected chi connectivity index (χ0v) is 11.4. The van der Waals surface area contributed by atoms with Gasteiger partial charge in [0.2, 0.25) is 6.41 Å². The van der Waals surface area contributed by atoms with E-state index in [2.05, 4.69) is 10.3 Å². The summed E-state index contributed by atoms with van der Waals surface area (Å²) in [6.07, 6.45) is 0.365. The SMILES string of the molecule is O=CNC(CSCc1nc(Cl)ccc1Cl)C(=O)O. The minimum atomic E-state index is -1.08. The first kappa shape index (κ1) is 15.1. The van der Waals surface area contributed by atoms with Gasteiger partial charge >= 0.3 is 5.97 Å². The van der Waals surface area contributed by atoms with Gasteiger partial charge in [0.25, 0.3) is 0 Å². The van der Waals surface area contributed by atoms with Crippen molar-refractivity contribution in [3.63, 3.8) is 0 Å². The first-order valence-electron chi connectivity index (χ1n) is 4.85. The van der Waals surface area contributed by atoms with Crippen molar-refractivity contribution in [3.05, 3.63) is 28.0 Å². The number of rotatable bonds is 7. The van der Waals surface area contributed by atoms with Crippen LogP contribution in [0.2, 0.25) is 10.2 Å². The molecule has 0 aliphatic carbocycles. The summed E-state index contributed by atoms with van der Waals surface area (Å²) in [5, 5.41) is 11.8. The zero-order valence-electron chi connectivity index (χ0n) is 9.10. The van der Waals surface area contributed by atoms with Crippen LogP contribution in [0.5, 0.6) is 0 Å². The van der Waals surface area contributed by atoms with E-state index in [1.54, 1.807) is 12.1 Å². The fraction of sp³-hybridized carbons (Fsp3) is 0.300. The maximum Gasteiger partial charge on any atom is 0.327 e. The van der Waals surface area contributed by atoms with Crippen molar-refractivity contribution in [1.29, 1.82) is 0 Å². The molecule has 8 heteroatoms. The van der Waals surface area contributed by atoms with E-state index >= 15 is 0 Å². The largest absolute Gasteiger partial charge is 0.480 e. The average Bonchev–Trinajstić information content (AvgIpc) is 2.32. The zero-order chi connectivity index (χ0) is 13.5. The predicted octanol–water partition coefficient (Wildman–Crippen LogP) is 1.82. The van der Waals surface area contributed by atoms with Crippen LogP contribution in [0.4, 0.5) is 0 Å². The summed E-state index contributed by atoms with van der Waals surface area (Å²) in [6, 6.07) is 2.28. The van der Waals surface area contributed by atoms with Crippen molar-refractivity contribution in [2.24, 2.45) is 0 Å². The molecule has 0 spiro atoms. The van der Waals surface area contributed by atoms with Gasteiger partial charge in [-0.15, -0.1) is 0 Å². The second-order valence-electron chi connectivity index (χ2n) is 3.25. The first-order valence-corrected chi connectivity index (χ1v) is 6.77. The number of nitrogens with one attached hydrogen (secondary N) is 1. The molecule has 0 saturated carbocycles. The Balaban J connectivity index is 2.52. The standard InChI is InChI=1S/C10H10Cl2N2O3S/c11-6-1-2-9(12)14-7(6)3-18-4-8(10(16)17)13-5-15/h1-2,5,8H,3-4H2,(H,13,15)(H,16,17). The number of carbonyl (C=O) groups is 2. The number of aromatic nitrogens is 1.